The van der Waals surface area contributed by atoms with Crippen LogP contribution in [0.3, 0.4) is 0 Å². The standard InChI is InChI=1S/C12H11FN2O2/c1-16-11-6-9(14)3-4-10(11)17-12-5-2-8(13)7-15-12/h2-7H,14H2,1H3. The fourth-order valence-corrected chi connectivity index (χ4v) is 1.30. The van der Waals surface area contributed by atoms with Gasteiger partial charge in [-0.15, -0.1) is 0 Å². The number of hydrogen-bond donors (Lipinski definition) is 1. The highest BCUT2D eigenvalue weighted by Crippen LogP contribution is 2.32. The molecule has 0 aliphatic carbocycles. The number of methoxy groups -OCH3 is 1. The van der Waals surface area contributed by atoms with Crippen LogP contribution in [0.2, 0.25) is 0 Å². The molecule has 0 saturated heterocycles. The summed E-state index contributed by atoms with van der Waals surface area (Å²) in [6.07, 6.45) is 1.08. The second-order valence-corrected chi connectivity index (χ2v) is 3.33. The van der Waals surface area contributed by atoms with Gasteiger partial charge in [-0.3, -0.25) is 0 Å². The molecule has 0 spiro atoms. The Hall–Kier alpha value is -2.30. The summed E-state index contributed by atoms with van der Waals surface area (Å²) in [6, 6.07) is 7.69. The van der Waals surface area contributed by atoms with Crippen molar-refractivity contribution in [3.63, 3.8) is 0 Å². The molecule has 2 rings (SSSR count). The van der Waals surface area contributed by atoms with Gasteiger partial charge in [-0.2, -0.15) is 0 Å². The first-order valence-corrected chi connectivity index (χ1v) is 4.92. The van der Waals surface area contributed by atoms with Gasteiger partial charge >= 0.3 is 0 Å². The molecule has 0 amide bonds. The highest BCUT2D eigenvalue weighted by Gasteiger charge is 2.06. The van der Waals surface area contributed by atoms with Crippen molar-refractivity contribution in [3.8, 4) is 17.4 Å². The van der Waals surface area contributed by atoms with Gasteiger partial charge in [0.15, 0.2) is 11.5 Å². The zero-order chi connectivity index (χ0) is 12.3. The van der Waals surface area contributed by atoms with Gasteiger partial charge in [0.1, 0.15) is 5.82 Å². The van der Waals surface area contributed by atoms with E-state index < -0.39 is 5.82 Å². The Morgan fingerprint density at radius 2 is 2.00 bits per heavy atom. The second-order valence-electron chi connectivity index (χ2n) is 3.33. The first-order valence-electron chi connectivity index (χ1n) is 4.92. The average molecular weight is 234 g/mol. The van der Waals surface area contributed by atoms with E-state index in [-0.39, 0.29) is 5.88 Å². The molecule has 0 saturated carbocycles. The number of rotatable bonds is 3. The molecule has 0 unspecified atom stereocenters. The maximum Gasteiger partial charge on any atom is 0.219 e. The number of nitrogens with zero attached hydrogens (tertiary/aromatic N) is 1. The normalized spacial score (nSPS) is 10.0. The van der Waals surface area contributed by atoms with Crippen LogP contribution < -0.4 is 15.2 Å². The Morgan fingerprint density at radius 3 is 2.65 bits per heavy atom. The zero-order valence-electron chi connectivity index (χ0n) is 9.18. The van der Waals surface area contributed by atoms with Crippen LogP contribution >= 0.6 is 0 Å². The smallest absolute Gasteiger partial charge is 0.219 e. The van der Waals surface area contributed by atoms with Crippen molar-refractivity contribution in [2.24, 2.45) is 0 Å². The van der Waals surface area contributed by atoms with E-state index in [9.17, 15) is 4.39 Å². The third-order valence-electron chi connectivity index (χ3n) is 2.10. The molecule has 0 aliphatic rings. The predicted octanol–water partition coefficient (Wildman–Crippen LogP) is 2.60. The minimum absolute atomic E-state index is 0.287. The van der Waals surface area contributed by atoms with Crippen LogP contribution in [-0.4, -0.2) is 12.1 Å². The van der Waals surface area contributed by atoms with E-state index in [2.05, 4.69) is 4.98 Å². The molecule has 88 valence electrons. The molecule has 2 N–H and O–H groups in total. The van der Waals surface area contributed by atoms with E-state index in [1.165, 1.54) is 19.2 Å². The number of halogens is 1. The number of pyridine rings is 1. The summed E-state index contributed by atoms with van der Waals surface area (Å²) >= 11 is 0. The molecular formula is C12H11FN2O2. The lowest BCUT2D eigenvalue weighted by Gasteiger charge is -2.09. The molecule has 0 bridgehead atoms. The average Bonchev–Trinajstić information content (AvgIpc) is 2.34. The van der Waals surface area contributed by atoms with Crippen molar-refractivity contribution in [3.05, 3.63) is 42.3 Å². The highest BCUT2D eigenvalue weighted by atomic mass is 19.1. The van der Waals surface area contributed by atoms with E-state index in [1.54, 1.807) is 18.2 Å². The first-order chi connectivity index (χ1) is 8.19. The molecule has 5 heteroatoms. The maximum absolute atomic E-state index is 12.7. The quantitative estimate of drug-likeness (QED) is 0.829. The van der Waals surface area contributed by atoms with Crippen molar-refractivity contribution >= 4 is 5.69 Å². The van der Waals surface area contributed by atoms with Crippen molar-refractivity contribution < 1.29 is 13.9 Å². The van der Waals surface area contributed by atoms with Crippen LogP contribution in [0.4, 0.5) is 10.1 Å². The summed E-state index contributed by atoms with van der Waals surface area (Å²) in [5.74, 6) is 0.841. The monoisotopic (exact) mass is 234 g/mol. The van der Waals surface area contributed by atoms with Crippen molar-refractivity contribution in [1.82, 2.24) is 4.98 Å². The molecule has 0 fully saturated rings. The van der Waals surface area contributed by atoms with Gasteiger partial charge in [0.2, 0.25) is 5.88 Å². The summed E-state index contributed by atoms with van der Waals surface area (Å²) in [5.41, 5.74) is 6.19. The molecule has 4 nitrogen and oxygen atoms in total. The number of benzene rings is 1. The van der Waals surface area contributed by atoms with Crippen LogP contribution in [-0.2, 0) is 0 Å². The van der Waals surface area contributed by atoms with Gasteiger partial charge in [0.25, 0.3) is 0 Å². The predicted molar refractivity (Wildman–Crippen MR) is 61.7 cm³/mol. The lowest BCUT2D eigenvalue weighted by Crippen LogP contribution is -1.94. The van der Waals surface area contributed by atoms with E-state index in [0.29, 0.717) is 17.2 Å². The lowest BCUT2D eigenvalue weighted by molar-refractivity contribution is 0.374. The molecular weight excluding hydrogens is 223 g/mol. The Balaban J connectivity index is 2.26. The fourth-order valence-electron chi connectivity index (χ4n) is 1.30. The largest absolute Gasteiger partial charge is 0.493 e. The van der Waals surface area contributed by atoms with Crippen LogP contribution in [0, 0.1) is 5.82 Å². The SMILES string of the molecule is COc1cc(N)ccc1Oc1ccc(F)cn1. The molecule has 1 heterocycles. The van der Waals surface area contributed by atoms with Gasteiger partial charge in [-0.1, -0.05) is 0 Å². The molecule has 0 aliphatic heterocycles. The van der Waals surface area contributed by atoms with E-state index in [4.69, 9.17) is 15.2 Å². The van der Waals surface area contributed by atoms with Gasteiger partial charge in [0.05, 0.1) is 13.3 Å². The number of ether oxygens (including phenoxy) is 2. The minimum atomic E-state index is -0.415. The second kappa shape index (κ2) is 4.69. The Bertz CT molecular complexity index is 514. The minimum Gasteiger partial charge on any atom is -0.493 e. The molecule has 0 radical (unpaired) electrons. The molecule has 0 atom stereocenters. The fraction of sp³-hybridized carbons (Fsp3) is 0.0833. The molecule has 1 aromatic carbocycles. The number of nitrogen functional groups attached to an aromatic ring is 1. The Kier molecular flexibility index (Phi) is 3.09. The van der Waals surface area contributed by atoms with Crippen LogP contribution in [0.25, 0.3) is 0 Å². The number of anilines is 1. The summed E-state index contributed by atoms with van der Waals surface area (Å²) in [6.45, 7) is 0. The molecule has 17 heavy (non-hydrogen) atoms. The third-order valence-corrected chi connectivity index (χ3v) is 2.10. The zero-order valence-corrected chi connectivity index (χ0v) is 9.18. The lowest BCUT2D eigenvalue weighted by atomic mass is 10.3. The van der Waals surface area contributed by atoms with Crippen LogP contribution in [0.1, 0.15) is 0 Å². The van der Waals surface area contributed by atoms with Gasteiger partial charge in [-0.25, -0.2) is 9.37 Å². The summed E-state index contributed by atoms with van der Waals surface area (Å²) < 4.78 is 23.2. The third kappa shape index (κ3) is 2.63. The Morgan fingerprint density at radius 1 is 1.18 bits per heavy atom. The number of hydrogen-bond acceptors (Lipinski definition) is 4. The Labute approximate surface area is 97.8 Å². The van der Waals surface area contributed by atoms with E-state index in [1.807, 2.05) is 0 Å². The van der Waals surface area contributed by atoms with Crippen LogP contribution in [0.5, 0.6) is 17.4 Å². The van der Waals surface area contributed by atoms with E-state index >= 15 is 0 Å². The summed E-state index contributed by atoms with van der Waals surface area (Å²) in [5, 5.41) is 0. The molecule has 1 aromatic heterocycles. The van der Waals surface area contributed by atoms with Gasteiger partial charge in [-0.05, 0) is 18.2 Å². The van der Waals surface area contributed by atoms with Gasteiger partial charge in [0, 0.05) is 17.8 Å². The van der Waals surface area contributed by atoms with E-state index in [0.717, 1.165) is 6.20 Å². The highest BCUT2D eigenvalue weighted by molar-refractivity contribution is 5.52. The summed E-state index contributed by atoms with van der Waals surface area (Å²) in [7, 11) is 1.51. The molecule has 2 aromatic rings. The number of aromatic nitrogens is 1. The summed E-state index contributed by atoms with van der Waals surface area (Å²) in [4.78, 5) is 3.79. The van der Waals surface area contributed by atoms with Crippen molar-refractivity contribution in [2.75, 3.05) is 12.8 Å². The van der Waals surface area contributed by atoms with Crippen molar-refractivity contribution in [2.45, 2.75) is 0 Å². The van der Waals surface area contributed by atoms with Crippen molar-refractivity contribution in [1.29, 1.82) is 0 Å². The number of nitrogens with two attached hydrogens (primary N) is 1. The van der Waals surface area contributed by atoms with Crippen LogP contribution in [0.15, 0.2) is 36.5 Å². The van der Waals surface area contributed by atoms with Gasteiger partial charge < -0.3 is 15.2 Å². The first kappa shape index (κ1) is 11.2. The topological polar surface area (TPSA) is 57.4 Å². The maximum atomic E-state index is 12.7.